The third-order valence-corrected chi connectivity index (χ3v) is 6.24. The standard InChI is InChI=1S/C27H36N2O2/c1-17(2)28-25(30)19(5)15-27(16-20(6)26(31)29-18(3)4)23-13-9-7-11-21(23)22-12-8-10-14-24(22)27/h7-14,17-20H,15-16H2,1-6H3,(H,28,30)(H,29,31). The fourth-order valence-corrected chi connectivity index (χ4v) is 5.02. The van der Waals surface area contributed by atoms with E-state index in [1.165, 1.54) is 22.3 Å². The van der Waals surface area contributed by atoms with Gasteiger partial charge in [0.1, 0.15) is 0 Å². The smallest absolute Gasteiger partial charge is 0.223 e. The first kappa shape index (κ1) is 23.1. The van der Waals surface area contributed by atoms with Crippen molar-refractivity contribution in [1.82, 2.24) is 10.6 Å². The summed E-state index contributed by atoms with van der Waals surface area (Å²) in [5, 5.41) is 6.13. The van der Waals surface area contributed by atoms with Gasteiger partial charge in [-0.2, -0.15) is 0 Å². The van der Waals surface area contributed by atoms with Gasteiger partial charge < -0.3 is 10.6 Å². The monoisotopic (exact) mass is 420 g/mol. The summed E-state index contributed by atoms with van der Waals surface area (Å²) in [5.41, 5.74) is 4.50. The summed E-state index contributed by atoms with van der Waals surface area (Å²) in [6, 6.07) is 17.1. The molecule has 0 spiro atoms. The summed E-state index contributed by atoms with van der Waals surface area (Å²) < 4.78 is 0. The van der Waals surface area contributed by atoms with Gasteiger partial charge in [-0.1, -0.05) is 62.4 Å². The van der Waals surface area contributed by atoms with Crippen molar-refractivity contribution in [3.05, 3.63) is 59.7 Å². The van der Waals surface area contributed by atoms with E-state index in [9.17, 15) is 9.59 Å². The van der Waals surface area contributed by atoms with E-state index >= 15 is 0 Å². The second kappa shape index (κ2) is 9.25. The number of carbonyl (C=O) groups excluding carboxylic acids is 2. The van der Waals surface area contributed by atoms with Crippen molar-refractivity contribution >= 4 is 11.8 Å². The SMILES string of the molecule is CC(C)NC(=O)C(C)CC1(CC(C)C(=O)NC(C)C)c2ccccc2-c2ccccc21. The molecule has 2 amide bonds. The summed E-state index contributed by atoms with van der Waals surface area (Å²) in [7, 11) is 0. The lowest BCUT2D eigenvalue weighted by Crippen LogP contribution is -2.41. The topological polar surface area (TPSA) is 58.2 Å². The van der Waals surface area contributed by atoms with Crippen LogP contribution in [0.25, 0.3) is 11.1 Å². The minimum Gasteiger partial charge on any atom is -0.354 e. The average molecular weight is 421 g/mol. The van der Waals surface area contributed by atoms with E-state index < -0.39 is 0 Å². The van der Waals surface area contributed by atoms with Crippen LogP contribution < -0.4 is 10.6 Å². The second-order valence-corrected chi connectivity index (χ2v) is 9.71. The van der Waals surface area contributed by atoms with Gasteiger partial charge in [-0.05, 0) is 62.8 Å². The van der Waals surface area contributed by atoms with Gasteiger partial charge in [0, 0.05) is 29.3 Å². The molecule has 1 aliphatic rings. The van der Waals surface area contributed by atoms with E-state index in [4.69, 9.17) is 0 Å². The zero-order valence-electron chi connectivity index (χ0n) is 19.7. The highest BCUT2D eigenvalue weighted by molar-refractivity contribution is 5.84. The highest BCUT2D eigenvalue weighted by Crippen LogP contribution is 2.54. The predicted molar refractivity (Wildman–Crippen MR) is 127 cm³/mol. The van der Waals surface area contributed by atoms with Crippen molar-refractivity contribution < 1.29 is 9.59 Å². The van der Waals surface area contributed by atoms with Gasteiger partial charge in [0.05, 0.1) is 0 Å². The van der Waals surface area contributed by atoms with Crippen molar-refractivity contribution in [2.24, 2.45) is 11.8 Å². The number of rotatable bonds is 8. The van der Waals surface area contributed by atoms with E-state index in [2.05, 4.69) is 59.2 Å². The van der Waals surface area contributed by atoms with E-state index in [1.54, 1.807) is 0 Å². The molecule has 3 rings (SSSR count). The van der Waals surface area contributed by atoms with Gasteiger partial charge in [0.25, 0.3) is 0 Å². The molecule has 2 atom stereocenters. The lowest BCUT2D eigenvalue weighted by molar-refractivity contribution is -0.125. The van der Waals surface area contributed by atoms with Gasteiger partial charge in [0.2, 0.25) is 11.8 Å². The van der Waals surface area contributed by atoms with Crippen molar-refractivity contribution in [3.63, 3.8) is 0 Å². The number of benzene rings is 2. The molecular weight excluding hydrogens is 384 g/mol. The highest BCUT2D eigenvalue weighted by Gasteiger charge is 2.46. The third-order valence-electron chi connectivity index (χ3n) is 6.24. The minimum atomic E-state index is -0.380. The molecule has 0 fully saturated rings. The minimum absolute atomic E-state index is 0.0653. The van der Waals surface area contributed by atoms with Gasteiger partial charge in [-0.3, -0.25) is 9.59 Å². The molecule has 0 saturated carbocycles. The molecule has 0 heterocycles. The van der Waals surface area contributed by atoms with Crippen LogP contribution in [0.2, 0.25) is 0 Å². The molecule has 2 N–H and O–H groups in total. The fourth-order valence-electron chi connectivity index (χ4n) is 5.02. The summed E-state index contributed by atoms with van der Waals surface area (Å²) >= 11 is 0. The summed E-state index contributed by atoms with van der Waals surface area (Å²) in [5.74, 6) is -0.227. The van der Waals surface area contributed by atoms with Crippen LogP contribution in [0, 0.1) is 11.8 Å². The number of nitrogens with one attached hydrogen (secondary N) is 2. The molecule has 166 valence electrons. The Balaban J connectivity index is 2.07. The molecule has 0 radical (unpaired) electrons. The Morgan fingerprint density at radius 1 is 0.677 bits per heavy atom. The predicted octanol–water partition coefficient (Wildman–Crippen LogP) is 5.05. The normalized spacial score (nSPS) is 15.9. The van der Waals surface area contributed by atoms with Crippen LogP contribution in [0.15, 0.2) is 48.5 Å². The van der Waals surface area contributed by atoms with Crippen molar-refractivity contribution in [1.29, 1.82) is 0 Å². The Morgan fingerprint density at radius 3 is 1.39 bits per heavy atom. The van der Waals surface area contributed by atoms with E-state index in [1.807, 2.05) is 41.5 Å². The highest BCUT2D eigenvalue weighted by atomic mass is 16.2. The van der Waals surface area contributed by atoms with Crippen LogP contribution in [0.3, 0.4) is 0 Å². The molecule has 0 bridgehead atoms. The summed E-state index contributed by atoms with van der Waals surface area (Å²) in [4.78, 5) is 25.8. The lowest BCUT2D eigenvalue weighted by Gasteiger charge is -2.36. The van der Waals surface area contributed by atoms with E-state index in [0.717, 1.165) is 0 Å². The molecule has 0 aromatic heterocycles. The molecule has 31 heavy (non-hydrogen) atoms. The maximum Gasteiger partial charge on any atom is 0.223 e. The lowest BCUT2D eigenvalue weighted by atomic mass is 9.67. The number of carbonyl (C=O) groups is 2. The first-order valence-corrected chi connectivity index (χ1v) is 11.5. The zero-order valence-corrected chi connectivity index (χ0v) is 19.7. The van der Waals surface area contributed by atoms with Gasteiger partial charge in [0.15, 0.2) is 0 Å². The number of fused-ring (bicyclic) bond motifs is 3. The Labute approximate surface area is 186 Å². The van der Waals surface area contributed by atoms with E-state index in [-0.39, 0.29) is 41.1 Å². The fraction of sp³-hybridized carbons (Fsp3) is 0.481. The largest absolute Gasteiger partial charge is 0.354 e. The van der Waals surface area contributed by atoms with Crippen LogP contribution in [0.5, 0.6) is 0 Å². The van der Waals surface area contributed by atoms with Gasteiger partial charge in [-0.25, -0.2) is 0 Å². The molecule has 2 unspecified atom stereocenters. The molecule has 4 nitrogen and oxygen atoms in total. The Kier molecular flexibility index (Phi) is 6.88. The van der Waals surface area contributed by atoms with Crippen LogP contribution in [0.4, 0.5) is 0 Å². The maximum absolute atomic E-state index is 12.9. The molecule has 2 aromatic rings. The Bertz CT molecular complexity index is 870. The molecule has 4 heteroatoms. The van der Waals surface area contributed by atoms with Crippen LogP contribution in [-0.2, 0) is 15.0 Å². The van der Waals surface area contributed by atoms with Crippen LogP contribution in [0.1, 0.15) is 65.5 Å². The second-order valence-electron chi connectivity index (χ2n) is 9.71. The molecular formula is C27H36N2O2. The molecule has 1 aliphatic carbocycles. The first-order chi connectivity index (χ1) is 14.7. The van der Waals surface area contributed by atoms with Crippen molar-refractivity contribution in [2.45, 2.75) is 71.9 Å². The quantitative estimate of drug-likeness (QED) is 0.627. The van der Waals surface area contributed by atoms with Crippen LogP contribution in [-0.4, -0.2) is 23.9 Å². The third kappa shape index (κ3) is 4.68. The van der Waals surface area contributed by atoms with Crippen molar-refractivity contribution in [3.8, 4) is 11.1 Å². The first-order valence-electron chi connectivity index (χ1n) is 11.5. The van der Waals surface area contributed by atoms with Gasteiger partial charge >= 0.3 is 0 Å². The van der Waals surface area contributed by atoms with Crippen LogP contribution >= 0.6 is 0 Å². The average Bonchev–Trinajstić information content (AvgIpc) is 2.97. The van der Waals surface area contributed by atoms with E-state index in [0.29, 0.717) is 12.8 Å². The molecule has 2 aromatic carbocycles. The maximum atomic E-state index is 12.9. The number of hydrogen-bond acceptors (Lipinski definition) is 2. The zero-order chi connectivity index (χ0) is 22.8. The van der Waals surface area contributed by atoms with Crippen molar-refractivity contribution in [2.75, 3.05) is 0 Å². The summed E-state index contributed by atoms with van der Waals surface area (Å²) in [6.45, 7) is 11.9. The Hall–Kier alpha value is -2.62. The Morgan fingerprint density at radius 2 is 1.03 bits per heavy atom. The van der Waals surface area contributed by atoms with Gasteiger partial charge in [-0.15, -0.1) is 0 Å². The molecule has 0 aliphatic heterocycles. The molecule has 0 saturated heterocycles. The number of amides is 2. The summed E-state index contributed by atoms with van der Waals surface area (Å²) in [6.07, 6.45) is 1.33. The number of hydrogen-bond donors (Lipinski definition) is 2.